The normalized spacial score (nSPS) is 0. The molecule has 3 nitrogen and oxygen atoms in total. The topological polar surface area (TPSA) is 85.5 Å². The van der Waals surface area contributed by atoms with E-state index in [0.29, 0.717) is 0 Å². The quantitative estimate of drug-likeness (QED) is 0.481. The fraction of sp³-hybridized carbons (Fsp3) is 0. The summed E-state index contributed by atoms with van der Waals surface area (Å²) in [7, 11) is 0. The first-order valence-electron chi connectivity index (χ1n) is 0. The molecule has 0 saturated heterocycles. The van der Waals surface area contributed by atoms with E-state index < -0.39 is 0 Å². The van der Waals surface area contributed by atoms with Gasteiger partial charge in [-0.3, -0.25) is 0 Å². The van der Waals surface area contributed by atoms with Crippen molar-refractivity contribution in [3.05, 3.63) is 0 Å². The van der Waals surface area contributed by atoms with Gasteiger partial charge in [0.1, 0.15) is 0 Å². The van der Waals surface area contributed by atoms with Crippen molar-refractivity contribution in [3.8, 4) is 0 Å². The molecule has 0 rings (SSSR count). The molecule has 0 aromatic heterocycles. The van der Waals surface area contributed by atoms with E-state index >= 15 is 0 Å². The van der Waals surface area contributed by atoms with Crippen LogP contribution in [0.3, 0.4) is 0 Å². The molecule has 0 fully saturated rings. The molecule has 0 bridgehead atoms. The minimum atomic E-state index is 0. The minimum Gasteiger partial charge on any atom is -2.00 e. The third-order valence-corrected chi connectivity index (χ3v) is 0. The summed E-state index contributed by atoms with van der Waals surface area (Å²) in [5.74, 6) is 0. The van der Waals surface area contributed by atoms with E-state index in [0.717, 1.165) is 0 Å². The Labute approximate surface area is 53.6 Å². The van der Waals surface area contributed by atoms with Crippen LogP contribution in [0.4, 0.5) is 0 Å². The van der Waals surface area contributed by atoms with E-state index in [1.807, 2.05) is 0 Å². The summed E-state index contributed by atoms with van der Waals surface area (Å²) in [5, 5.41) is 0. The zero-order valence-corrected chi connectivity index (χ0v) is 4.88. The Kier molecular flexibility index (Phi) is 2180. The Bertz CT molecular complexity index is 6.85. The molecule has 0 aliphatic heterocycles. The van der Waals surface area contributed by atoms with Gasteiger partial charge in [0.15, 0.2) is 0 Å². The van der Waals surface area contributed by atoms with Gasteiger partial charge in [-0.25, -0.2) is 0 Å². The molecule has 1 radical (unpaired) electrons. The van der Waals surface area contributed by atoms with Crippen LogP contribution in [-0.4, -0.2) is 0 Å². The van der Waals surface area contributed by atoms with Crippen LogP contribution in [0.2, 0.25) is 0 Å². The average Bonchev–Trinajstić information content (AvgIpc) is 0. The van der Waals surface area contributed by atoms with Gasteiger partial charge in [0.05, 0.1) is 0 Å². The molecule has 0 heterocycles. The first-order valence-corrected chi connectivity index (χ1v) is 0. The second-order valence-electron chi connectivity index (χ2n) is 0. The molecule has 5 heavy (non-hydrogen) atoms. The third-order valence-electron chi connectivity index (χ3n) is 0. The van der Waals surface area contributed by atoms with Gasteiger partial charge in [-0.15, -0.1) is 0 Å². The predicted molar refractivity (Wildman–Crippen MR) is 2.06 cm³/mol. The van der Waals surface area contributed by atoms with Crippen molar-refractivity contribution in [2.24, 2.45) is 0 Å². The van der Waals surface area contributed by atoms with Crippen LogP contribution in [0.15, 0.2) is 0 Å². The molecule has 0 atom stereocenters. The number of rotatable bonds is 0. The third kappa shape index (κ3) is 43.3. The van der Waals surface area contributed by atoms with Gasteiger partial charge >= 0.3 is 36.8 Å². The van der Waals surface area contributed by atoms with Crippen molar-refractivity contribution < 1.29 is 53.3 Å². The Morgan fingerprint density at radius 2 is 0.600 bits per heavy atom. The molecular weight excluding hydrogens is 203 g/mol. The number of hydrogen-bond donors (Lipinski definition) is 0. The van der Waals surface area contributed by atoms with Gasteiger partial charge in [0.25, 0.3) is 0 Å². The van der Waals surface area contributed by atoms with Crippen molar-refractivity contribution in [2.45, 2.75) is 0 Å². The number of hydrogen-bond acceptors (Lipinski definition) is 0. The van der Waals surface area contributed by atoms with Crippen LogP contribution in [0.5, 0.6) is 0 Å². The maximum absolute atomic E-state index is 0. The molecule has 0 aromatic carbocycles. The maximum Gasteiger partial charge on any atom is 3.00 e. The fourth-order valence-electron chi connectivity index (χ4n) is 0. The summed E-state index contributed by atoms with van der Waals surface area (Å²) in [6, 6.07) is 0. The average molecular weight is 203 g/mol. The Hall–Kier alpha value is 1.04. The molecule has 0 saturated carbocycles. The molecule has 0 aliphatic carbocycles. The van der Waals surface area contributed by atoms with Crippen molar-refractivity contribution >= 4 is 0 Å². The molecule has 0 spiro atoms. The summed E-state index contributed by atoms with van der Waals surface area (Å²) < 4.78 is 0. The van der Waals surface area contributed by atoms with Crippen molar-refractivity contribution in [1.82, 2.24) is 0 Å². The minimum absolute atomic E-state index is 0. The molecule has 0 unspecified atom stereocenters. The van der Waals surface area contributed by atoms with Crippen molar-refractivity contribution in [1.29, 1.82) is 0 Å². The molecular formula is CrO3Rh. The van der Waals surface area contributed by atoms with Gasteiger partial charge in [0, 0.05) is 0 Å². The van der Waals surface area contributed by atoms with E-state index in [4.69, 9.17) is 0 Å². The predicted octanol–water partition coefficient (Wildman–Crippen LogP) is -0.361. The molecule has 0 aliphatic rings. The van der Waals surface area contributed by atoms with Gasteiger partial charge in [-0.1, -0.05) is 0 Å². The van der Waals surface area contributed by atoms with Crippen LogP contribution >= 0.6 is 0 Å². The van der Waals surface area contributed by atoms with Gasteiger partial charge < -0.3 is 16.4 Å². The monoisotopic (exact) mass is 203 g/mol. The van der Waals surface area contributed by atoms with Crippen LogP contribution in [0, 0.1) is 0 Å². The van der Waals surface area contributed by atoms with Crippen LogP contribution in [-0.2, 0) is 53.3 Å². The second kappa shape index (κ2) is 76.4. The Morgan fingerprint density at radius 3 is 0.600 bits per heavy atom. The van der Waals surface area contributed by atoms with Gasteiger partial charge in [0.2, 0.25) is 0 Å². The SMILES string of the molecule is [Cr+3].[O-2].[O-2].[O-2].[Rh+3]. The largest absolute Gasteiger partial charge is 3.00 e. The van der Waals surface area contributed by atoms with Crippen LogP contribution < -0.4 is 0 Å². The summed E-state index contributed by atoms with van der Waals surface area (Å²) in [6.07, 6.45) is 0. The smallest absolute Gasteiger partial charge is 2.00 e. The molecule has 5 heteroatoms. The summed E-state index contributed by atoms with van der Waals surface area (Å²) >= 11 is 0. The van der Waals surface area contributed by atoms with Crippen LogP contribution in [0.1, 0.15) is 0 Å². The summed E-state index contributed by atoms with van der Waals surface area (Å²) in [6.45, 7) is 0. The molecule has 0 aromatic rings. The van der Waals surface area contributed by atoms with E-state index in [9.17, 15) is 0 Å². The van der Waals surface area contributed by atoms with Crippen molar-refractivity contribution in [2.75, 3.05) is 0 Å². The standard InChI is InChI=1S/Cr.3O.Rh/q+3;3*-2;+3. The molecule has 0 amide bonds. The first kappa shape index (κ1) is 143. The zero-order valence-electron chi connectivity index (χ0n) is 1.97. The first-order chi connectivity index (χ1) is 0. The van der Waals surface area contributed by atoms with Crippen LogP contribution in [0.25, 0.3) is 0 Å². The molecule has 33 valence electrons. The van der Waals surface area contributed by atoms with Gasteiger partial charge in [-0.05, 0) is 0 Å². The van der Waals surface area contributed by atoms with E-state index in [1.165, 1.54) is 0 Å². The van der Waals surface area contributed by atoms with E-state index in [1.54, 1.807) is 0 Å². The maximum atomic E-state index is 0. The van der Waals surface area contributed by atoms with Crippen molar-refractivity contribution in [3.63, 3.8) is 0 Å². The van der Waals surface area contributed by atoms with E-state index in [-0.39, 0.29) is 53.3 Å². The Balaban J connectivity index is 0. The second-order valence-corrected chi connectivity index (χ2v) is 0. The summed E-state index contributed by atoms with van der Waals surface area (Å²) in [5.41, 5.74) is 0. The molecule has 0 N–H and O–H groups in total. The van der Waals surface area contributed by atoms with Gasteiger partial charge in [-0.2, -0.15) is 0 Å². The van der Waals surface area contributed by atoms with E-state index in [2.05, 4.69) is 0 Å². The Morgan fingerprint density at radius 1 is 0.600 bits per heavy atom. The fourth-order valence-corrected chi connectivity index (χ4v) is 0. The summed E-state index contributed by atoms with van der Waals surface area (Å²) in [4.78, 5) is 0. The zero-order chi connectivity index (χ0) is 0.